The van der Waals surface area contributed by atoms with Crippen LogP contribution >= 0.6 is 0 Å². The number of nitrogens with one attached hydrogen (secondary N) is 2. The van der Waals surface area contributed by atoms with Crippen molar-refractivity contribution in [3.8, 4) is 0 Å². The molecule has 0 fully saturated rings. The van der Waals surface area contributed by atoms with E-state index < -0.39 is 10.0 Å². The SMILES string of the molecule is CCNc1cc(C)c(S(=O)(=O)NCCOCC)c(C)c1. The third-order valence-electron chi connectivity index (χ3n) is 2.85. The van der Waals surface area contributed by atoms with Gasteiger partial charge >= 0.3 is 0 Å². The van der Waals surface area contributed by atoms with E-state index in [2.05, 4.69) is 10.0 Å². The number of benzene rings is 1. The summed E-state index contributed by atoms with van der Waals surface area (Å²) in [6.45, 7) is 9.55. The molecule has 0 heterocycles. The molecule has 114 valence electrons. The zero-order valence-electron chi connectivity index (χ0n) is 12.6. The van der Waals surface area contributed by atoms with Gasteiger partial charge in [0.1, 0.15) is 0 Å². The molecular formula is C14H24N2O3S. The molecule has 0 aliphatic carbocycles. The van der Waals surface area contributed by atoms with Crippen LogP contribution < -0.4 is 10.0 Å². The summed E-state index contributed by atoms with van der Waals surface area (Å²) in [6, 6.07) is 3.71. The second-order valence-corrected chi connectivity index (χ2v) is 6.27. The molecular weight excluding hydrogens is 276 g/mol. The van der Waals surface area contributed by atoms with Gasteiger partial charge in [0, 0.05) is 25.4 Å². The van der Waals surface area contributed by atoms with Crippen molar-refractivity contribution in [2.75, 3.05) is 31.6 Å². The van der Waals surface area contributed by atoms with Crippen LogP contribution in [0, 0.1) is 13.8 Å². The lowest BCUT2D eigenvalue weighted by Gasteiger charge is -2.14. The molecule has 0 aliphatic rings. The molecule has 0 aromatic heterocycles. The van der Waals surface area contributed by atoms with Crippen LogP contribution in [0.15, 0.2) is 17.0 Å². The standard InChI is InChI=1S/C14H24N2O3S/c1-5-15-13-9-11(3)14(12(4)10-13)20(17,18)16-7-8-19-6-2/h9-10,15-16H,5-8H2,1-4H3. The number of sulfonamides is 1. The molecule has 0 bridgehead atoms. The van der Waals surface area contributed by atoms with Gasteiger partial charge in [-0.3, -0.25) is 0 Å². The van der Waals surface area contributed by atoms with Crippen molar-refractivity contribution < 1.29 is 13.2 Å². The van der Waals surface area contributed by atoms with E-state index >= 15 is 0 Å². The van der Waals surface area contributed by atoms with E-state index in [0.717, 1.165) is 23.4 Å². The van der Waals surface area contributed by atoms with Crippen molar-refractivity contribution in [3.05, 3.63) is 23.3 Å². The zero-order chi connectivity index (χ0) is 15.2. The molecule has 1 aromatic rings. The van der Waals surface area contributed by atoms with Gasteiger partial charge in [0.2, 0.25) is 10.0 Å². The molecule has 0 spiro atoms. The van der Waals surface area contributed by atoms with Crippen LogP contribution in [-0.2, 0) is 14.8 Å². The zero-order valence-corrected chi connectivity index (χ0v) is 13.4. The van der Waals surface area contributed by atoms with Gasteiger partial charge in [-0.05, 0) is 51.0 Å². The molecule has 6 heteroatoms. The molecule has 0 unspecified atom stereocenters. The van der Waals surface area contributed by atoms with Gasteiger partial charge in [-0.15, -0.1) is 0 Å². The number of aryl methyl sites for hydroxylation is 2. The number of hydrogen-bond donors (Lipinski definition) is 2. The normalized spacial score (nSPS) is 11.6. The van der Waals surface area contributed by atoms with Crippen molar-refractivity contribution in [2.45, 2.75) is 32.6 Å². The first-order chi connectivity index (χ1) is 9.42. The van der Waals surface area contributed by atoms with E-state index in [4.69, 9.17) is 4.74 Å². The largest absolute Gasteiger partial charge is 0.385 e. The molecule has 1 aromatic carbocycles. The maximum Gasteiger partial charge on any atom is 0.241 e. The van der Waals surface area contributed by atoms with E-state index in [-0.39, 0.29) is 6.54 Å². The fourth-order valence-corrected chi connectivity index (χ4v) is 3.61. The van der Waals surface area contributed by atoms with E-state index in [1.165, 1.54) is 0 Å². The summed E-state index contributed by atoms with van der Waals surface area (Å²) in [5, 5.41) is 3.19. The van der Waals surface area contributed by atoms with Crippen molar-refractivity contribution in [1.29, 1.82) is 0 Å². The number of ether oxygens (including phenoxy) is 1. The van der Waals surface area contributed by atoms with Crippen LogP contribution in [0.3, 0.4) is 0 Å². The number of hydrogen-bond acceptors (Lipinski definition) is 4. The van der Waals surface area contributed by atoms with Crippen LogP contribution in [0.5, 0.6) is 0 Å². The average molecular weight is 300 g/mol. The van der Waals surface area contributed by atoms with Gasteiger partial charge in [-0.2, -0.15) is 0 Å². The molecule has 0 saturated heterocycles. The Morgan fingerprint density at radius 1 is 1.15 bits per heavy atom. The van der Waals surface area contributed by atoms with E-state index in [1.54, 1.807) is 0 Å². The molecule has 2 N–H and O–H groups in total. The summed E-state index contributed by atoms with van der Waals surface area (Å²) in [7, 11) is -3.49. The maximum absolute atomic E-state index is 12.3. The van der Waals surface area contributed by atoms with Crippen LogP contribution in [0.2, 0.25) is 0 Å². The fraction of sp³-hybridized carbons (Fsp3) is 0.571. The smallest absolute Gasteiger partial charge is 0.241 e. The Labute approximate surface area is 121 Å². The highest BCUT2D eigenvalue weighted by atomic mass is 32.2. The lowest BCUT2D eigenvalue weighted by atomic mass is 10.1. The number of anilines is 1. The summed E-state index contributed by atoms with van der Waals surface area (Å²) in [5.74, 6) is 0. The highest BCUT2D eigenvalue weighted by Gasteiger charge is 2.19. The Hall–Kier alpha value is -1.11. The Bertz CT molecular complexity index is 518. The molecule has 0 radical (unpaired) electrons. The molecule has 0 aliphatic heterocycles. The third-order valence-corrected chi connectivity index (χ3v) is 4.62. The monoisotopic (exact) mass is 300 g/mol. The van der Waals surface area contributed by atoms with Gasteiger partial charge in [0.15, 0.2) is 0 Å². The van der Waals surface area contributed by atoms with Crippen LogP contribution in [0.25, 0.3) is 0 Å². The first-order valence-corrected chi connectivity index (χ1v) is 8.33. The van der Waals surface area contributed by atoms with Crippen molar-refractivity contribution >= 4 is 15.7 Å². The Morgan fingerprint density at radius 2 is 1.75 bits per heavy atom. The highest BCUT2D eigenvalue weighted by Crippen LogP contribution is 2.24. The number of rotatable bonds is 8. The summed E-state index contributed by atoms with van der Waals surface area (Å²) < 4.78 is 32.3. The summed E-state index contributed by atoms with van der Waals surface area (Å²) >= 11 is 0. The van der Waals surface area contributed by atoms with Crippen molar-refractivity contribution in [1.82, 2.24) is 4.72 Å². The molecule has 1 rings (SSSR count). The predicted molar refractivity (Wildman–Crippen MR) is 81.8 cm³/mol. The van der Waals surface area contributed by atoms with Gasteiger partial charge in [0.05, 0.1) is 11.5 Å². The van der Waals surface area contributed by atoms with Crippen LogP contribution in [0.4, 0.5) is 5.69 Å². The van der Waals surface area contributed by atoms with Gasteiger partial charge in [-0.1, -0.05) is 0 Å². The van der Waals surface area contributed by atoms with Crippen molar-refractivity contribution in [2.24, 2.45) is 0 Å². The van der Waals surface area contributed by atoms with Crippen LogP contribution in [0.1, 0.15) is 25.0 Å². The van der Waals surface area contributed by atoms with Gasteiger partial charge < -0.3 is 10.1 Å². The van der Waals surface area contributed by atoms with E-state index in [0.29, 0.717) is 18.1 Å². The molecule has 20 heavy (non-hydrogen) atoms. The molecule has 0 saturated carbocycles. The molecule has 0 amide bonds. The first kappa shape index (κ1) is 16.9. The van der Waals surface area contributed by atoms with Gasteiger partial charge in [-0.25, -0.2) is 13.1 Å². The summed E-state index contributed by atoms with van der Waals surface area (Å²) in [6.07, 6.45) is 0. The lowest BCUT2D eigenvalue weighted by molar-refractivity contribution is 0.153. The first-order valence-electron chi connectivity index (χ1n) is 6.84. The highest BCUT2D eigenvalue weighted by molar-refractivity contribution is 7.89. The molecule has 5 nitrogen and oxygen atoms in total. The van der Waals surface area contributed by atoms with Crippen LogP contribution in [-0.4, -0.2) is 34.7 Å². The minimum atomic E-state index is -3.49. The topological polar surface area (TPSA) is 67.4 Å². The van der Waals surface area contributed by atoms with Crippen molar-refractivity contribution in [3.63, 3.8) is 0 Å². The molecule has 0 atom stereocenters. The predicted octanol–water partition coefficient (Wildman–Crippen LogP) is 2.05. The lowest BCUT2D eigenvalue weighted by Crippen LogP contribution is -2.28. The summed E-state index contributed by atoms with van der Waals surface area (Å²) in [4.78, 5) is 0.357. The Morgan fingerprint density at radius 3 is 2.25 bits per heavy atom. The Balaban J connectivity index is 2.94. The second-order valence-electron chi connectivity index (χ2n) is 4.56. The van der Waals surface area contributed by atoms with Gasteiger partial charge in [0.25, 0.3) is 0 Å². The van der Waals surface area contributed by atoms with E-state index in [9.17, 15) is 8.42 Å². The fourth-order valence-electron chi connectivity index (χ4n) is 2.15. The summed E-state index contributed by atoms with van der Waals surface area (Å²) in [5.41, 5.74) is 2.42. The maximum atomic E-state index is 12.3. The Kier molecular flexibility index (Phi) is 6.45. The minimum absolute atomic E-state index is 0.282. The second kappa shape index (κ2) is 7.61. The minimum Gasteiger partial charge on any atom is -0.385 e. The third kappa shape index (κ3) is 4.47. The quantitative estimate of drug-likeness (QED) is 0.721. The van der Waals surface area contributed by atoms with E-state index in [1.807, 2.05) is 39.8 Å². The average Bonchev–Trinajstić information content (AvgIpc) is 2.34.